The number of amides is 1. The van der Waals surface area contributed by atoms with E-state index in [1.807, 2.05) is 0 Å². The fourth-order valence-electron chi connectivity index (χ4n) is 1.000. The molecule has 17 heavy (non-hydrogen) atoms. The number of hydrogen-bond donors (Lipinski definition) is 1. The van der Waals surface area contributed by atoms with E-state index < -0.39 is 26.6 Å². The maximum absolute atomic E-state index is 12.2. The van der Waals surface area contributed by atoms with Crippen LogP contribution in [0.25, 0.3) is 0 Å². The molecule has 0 aliphatic rings. The SMILES string of the molecule is COC(=O)Nc1ccc(S(=O)(=O)C(F)F)cc1. The molecule has 0 saturated heterocycles. The van der Waals surface area contributed by atoms with Crippen LogP contribution in [0.15, 0.2) is 29.2 Å². The summed E-state index contributed by atoms with van der Waals surface area (Å²) in [7, 11) is -3.45. The lowest BCUT2D eigenvalue weighted by Gasteiger charge is -2.05. The van der Waals surface area contributed by atoms with Gasteiger partial charge in [0.15, 0.2) is 0 Å². The Balaban J connectivity index is 2.93. The zero-order valence-corrected chi connectivity index (χ0v) is 9.50. The summed E-state index contributed by atoms with van der Waals surface area (Å²) in [5.41, 5.74) is 0.241. The number of sulfone groups is 1. The van der Waals surface area contributed by atoms with Gasteiger partial charge in [-0.1, -0.05) is 0 Å². The Bertz CT molecular complexity index is 498. The lowest BCUT2D eigenvalue weighted by atomic mass is 10.3. The highest BCUT2D eigenvalue weighted by Crippen LogP contribution is 2.20. The molecule has 0 fully saturated rings. The quantitative estimate of drug-likeness (QED) is 0.905. The Labute approximate surface area is 96.3 Å². The van der Waals surface area contributed by atoms with Crippen molar-refractivity contribution in [2.75, 3.05) is 12.4 Å². The lowest BCUT2D eigenvalue weighted by molar-refractivity contribution is 0.187. The first kappa shape index (κ1) is 13.4. The highest BCUT2D eigenvalue weighted by Gasteiger charge is 2.26. The monoisotopic (exact) mass is 265 g/mol. The normalized spacial score (nSPS) is 11.3. The van der Waals surface area contributed by atoms with Gasteiger partial charge in [-0.05, 0) is 24.3 Å². The van der Waals surface area contributed by atoms with Crippen LogP contribution in [-0.4, -0.2) is 27.4 Å². The topological polar surface area (TPSA) is 72.5 Å². The van der Waals surface area contributed by atoms with Crippen LogP contribution in [0.3, 0.4) is 0 Å². The summed E-state index contributed by atoms with van der Waals surface area (Å²) < 4.78 is 50.8. The molecule has 1 rings (SSSR count). The molecule has 1 aromatic carbocycles. The summed E-state index contributed by atoms with van der Waals surface area (Å²) >= 11 is 0. The number of ether oxygens (including phenoxy) is 1. The molecule has 0 aliphatic heterocycles. The van der Waals surface area contributed by atoms with Crippen molar-refractivity contribution in [2.45, 2.75) is 10.7 Å². The van der Waals surface area contributed by atoms with Crippen LogP contribution in [0.4, 0.5) is 19.3 Å². The Hall–Kier alpha value is -1.70. The summed E-state index contributed by atoms with van der Waals surface area (Å²) in [6.07, 6.45) is -0.741. The zero-order valence-electron chi connectivity index (χ0n) is 8.68. The molecular formula is C9H9F2NO4S. The van der Waals surface area contributed by atoms with Gasteiger partial charge in [-0.3, -0.25) is 5.32 Å². The third-order valence-corrected chi connectivity index (χ3v) is 3.25. The maximum Gasteiger partial charge on any atom is 0.411 e. The fourth-order valence-corrected chi connectivity index (χ4v) is 1.72. The fraction of sp³-hybridized carbons (Fsp3) is 0.222. The van der Waals surface area contributed by atoms with E-state index in [0.717, 1.165) is 19.2 Å². The molecular weight excluding hydrogens is 256 g/mol. The predicted octanol–water partition coefficient (Wildman–Crippen LogP) is 1.86. The van der Waals surface area contributed by atoms with Crippen molar-refractivity contribution in [1.82, 2.24) is 0 Å². The Morgan fingerprint density at radius 1 is 1.29 bits per heavy atom. The van der Waals surface area contributed by atoms with E-state index >= 15 is 0 Å². The molecule has 94 valence electrons. The van der Waals surface area contributed by atoms with Gasteiger partial charge in [0.25, 0.3) is 0 Å². The predicted molar refractivity (Wildman–Crippen MR) is 55.7 cm³/mol. The first-order valence-corrected chi connectivity index (χ1v) is 5.89. The van der Waals surface area contributed by atoms with Crippen LogP contribution < -0.4 is 5.32 Å². The average Bonchev–Trinajstić information content (AvgIpc) is 2.29. The second-order valence-corrected chi connectivity index (χ2v) is 4.86. The van der Waals surface area contributed by atoms with Crippen molar-refractivity contribution in [2.24, 2.45) is 0 Å². The molecule has 0 aliphatic carbocycles. The average molecular weight is 265 g/mol. The van der Waals surface area contributed by atoms with Crippen LogP contribution in [0, 0.1) is 0 Å². The van der Waals surface area contributed by atoms with Crippen molar-refractivity contribution in [3.63, 3.8) is 0 Å². The minimum Gasteiger partial charge on any atom is -0.453 e. The van der Waals surface area contributed by atoms with Crippen molar-refractivity contribution >= 4 is 21.6 Å². The van der Waals surface area contributed by atoms with Gasteiger partial charge in [0.2, 0.25) is 9.84 Å². The number of hydrogen-bond acceptors (Lipinski definition) is 4. The molecule has 0 atom stereocenters. The number of benzene rings is 1. The number of alkyl halides is 2. The Kier molecular flexibility index (Phi) is 4.00. The molecule has 0 aromatic heterocycles. The second kappa shape index (κ2) is 5.09. The number of halogens is 2. The second-order valence-electron chi connectivity index (χ2n) is 2.95. The highest BCUT2D eigenvalue weighted by molar-refractivity contribution is 7.91. The zero-order chi connectivity index (χ0) is 13.1. The third kappa shape index (κ3) is 3.13. The number of rotatable bonds is 3. The molecule has 8 heteroatoms. The van der Waals surface area contributed by atoms with Gasteiger partial charge in [-0.15, -0.1) is 0 Å². The van der Waals surface area contributed by atoms with Gasteiger partial charge in [0.1, 0.15) is 0 Å². The Morgan fingerprint density at radius 2 is 1.82 bits per heavy atom. The third-order valence-electron chi connectivity index (χ3n) is 1.85. The van der Waals surface area contributed by atoms with Gasteiger partial charge in [0.05, 0.1) is 12.0 Å². The summed E-state index contributed by atoms with van der Waals surface area (Å²) in [6, 6.07) is 4.33. The van der Waals surface area contributed by atoms with Gasteiger partial charge >= 0.3 is 11.9 Å². The summed E-state index contributed by atoms with van der Waals surface area (Å²) in [5, 5.41) is 2.26. The van der Waals surface area contributed by atoms with Crippen molar-refractivity contribution in [1.29, 1.82) is 0 Å². The van der Waals surface area contributed by atoms with E-state index in [-0.39, 0.29) is 5.69 Å². The van der Waals surface area contributed by atoms with Gasteiger partial charge in [-0.2, -0.15) is 8.78 Å². The number of carbonyl (C=O) groups excluding carboxylic acids is 1. The van der Waals surface area contributed by atoms with Crippen LogP contribution >= 0.6 is 0 Å². The molecule has 1 amide bonds. The van der Waals surface area contributed by atoms with Crippen LogP contribution in [0.2, 0.25) is 0 Å². The molecule has 0 spiro atoms. The van der Waals surface area contributed by atoms with Crippen molar-refractivity contribution < 1.29 is 26.7 Å². The van der Waals surface area contributed by atoms with Crippen LogP contribution in [-0.2, 0) is 14.6 Å². The van der Waals surface area contributed by atoms with E-state index in [9.17, 15) is 22.0 Å². The molecule has 0 radical (unpaired) electrons. The number of carbonyl (C=O) groups is 1. The lowest BCUT2D eigenvalue weighted by Crippen LogP contribution is -2.13. The summed E-state index contributed by atoms with van der Waals surface area (Å²) in [6.45, 7) is 0. The number of nitrogens with one attached hydrogen (secondary N) is 1. The largest absolute Gasteiger partial charge is 0.453 e. The molecule has 0 saturated carbocycles. The smallest absolute Gasteiger partial charge is 0.411 e. The summed E-state index contributed by atoms with van der Waals surface area (Å²) in [5.74, 6) is -3.47. The van der Waals surface area contributed by atoms with Crippen LogP contribution in [0.1, 0.15) is 0 Å². The molecule has 0 bridgehead atoms. The van der Waals surface area contributed by atoms with Crippen molar-refractivity contribution in [3.05, 3.63) is 24.3 Å². The molecule has 1 aromatic rings. The first-order valence-electron chi connectivity index (χ1n) is 4.35. The summed E-state index contributed by atoms with van der Waals surface area (Å²) in [4.78, 5) is 10.3. The number of methoxy groups -OCH3 is 1. The first-order chi connectivity index (χ1) is 7.87. The van der Waals surface area contributed by atoms with E-state index in [2.05, 4.69) is 10.1 Å². The molecule has 5 nitrogen and oxygen atoms in total. The molecule has 1 N–H and O–H groups in total. The van der Waals surface area contributed by atoms with Gasteiger partial charge < -0.3 is 4.74 Å². The Morgan fingerprint density at radius 3 is 2.24 bits per heavy atom. The maximum atomic E-state index is 12.2. The highest BCUT2D eigenvalue weighted by atomic mass is 32.2. The van der Waals surface area contributed by atoms with Crippen molar-refractivity contribution in [3.8, 4) is 0 Å². The molecule has 0 heterocycles. The van der Waals surface area contributed by atoms with Crippen LogP contribution in [0.5, 0.6) is 0 Å². The van der Waals surface area contributed by atoms with Gasteiger partial charge in [0, 0.05) is 5.69 Å². The van der Waals surface area contributed by atoms with E-state index in [1.54, 1.807) is 0 Å². The minimum absolute atomic E-state index is 0.241. The van der Waals surface area contributed by atoms with Gasteiger partial charge in [-0.25, -0.2) is 13.2 Å². The standard InChI is InChI=1S/C9H9F2NO4S/c1-16-9(13)12-6-2-4-7(5-3-6)17(14,15)8(10)11/h2-5,8H,1H3,(H,12,13). The number of anilines is 1. The van der Waals surface area contributed by atoms with E-state index in [0.29, 0.717) is 0 Å². The molecule has 0 unspecified atom stereocenters. The van der Waals surface area contributed by atoms with E-state index in [1.165, 1.54) is 12.1 Å². The minimum atomic E-state index is -4.60. The van der Waals surface area contributed by atoms with E-state index in [4.69, 9.17) is 0 Å².